The molecule has 0 spiro atoms. The highest BCUT2D eigenvalue weighted by atomic mass is 15.0. The van der Waals surface area contributed by atoms with E-state index in [1.807, 2.05) is 6.07 Å². The zero-order valence-electron chi connectivity index (χ0n) is 9.95. The van der Waals surface area contributed by atoms with Gasteiger partial charge in [0.15, 0.2) is 0 Å². The third kappa shape index (κ3) is 3.86. The number of nitrogens with zero attached hydrogens (tertiary/aromatic N) is 2. The van der Waals surface area contributed by atoms with Crippen molar-refractivity contribution in [1.29, 1.82) is 0 Å². The van der Waals surface area contributed by atoms with Crippen molar-refractivity contribution in [1.82, 2.24) is 9.97 Å². The standard InChI is InChI=1S/C12H21N3/c1-4-7-10(5-2)15-12-8-11(6-3)13-9-14-12/h8-10H,4-7H2,1-3H3,(H,13,14,15). The molecular weight excluding hydrogens is 186 g/mol. The number of rotatable bonds is 6. The molecule has 1 unspecified atom stereocenters. The van der Waals surface area contributed by atoms with Gasteiger partial charge < -0.3 is 5.32 Å². The van der Waals surface area contributed by atoms with Crippen LogP contribution >= 0.6 is 0 Å². The van der Waals surface area contributed by atoms with E-state index in [4.69, 9.17) is 0 Å². The number of anilines is 1. The Bertz CT molecular complexity index is 286. The monoisotopic (exact) mass is 207 g/mol. The highest BCUT2D eigenvalue weighted by Gasteiger charge is 2.05. The average molecular weight is 207 g/mol. The van der Waals surface area contributed by atoms with E-state index in [1.165, 1.54) is 12.8 Å². The number of nitrogens with one attached hydrogen (secondary N) is 1. The van der Waals surface area contributed by atoms with E-state index in [2.05, 4.69) is 36.1 Å². The molecule has 1 N–H and O–H groups in total. The lowest BCUT2D eigenvalue weighted by atomic mass is 10.1. The summed E-state index contributed by atoms with van der Waals surface area (Å²) < 4.78 is 0. The molecule has 0 fully saturated rings. The molecule has 1 aromatic heterocycles. The SMILES string of the molecule is CCCC(CC)Nc1cc(CC)ncn1. The third-order valence-corrected chi connectivity index (χ3v) is 2.57. The lowest BCUT2D eigenvalue weighted by molar-refractivity contribution is 0.620. The first-order valence-corrected chi connectivity index (χ1v) is 5.87. The van der Waals surface area contributed by atoms with Crippen molar-refractivity contribution in [2.75, 3.05) is 5.32 Å². The minimum absolute atomic E-state index is 0.537. The number of aromatic nitrogens is 2. The molecule has 0 aliphatic carbocycles. The summed E-state index contributed by atoms with van der Waals surface area (Å²) in [6.45, 7) is 6.52. The number of hydrogen-bond acceptors (Lipinski definition) is 3. The second kappa shape index (κ2) is 6.38. The topological polar surface area (TPSA) is 37.8 Å². The van der Waals surface area contributed by atoms with Crippen LogP contribution in [0, 0.1) is 0 Å². The third-order valence-electron chi connectivity index (χ3n) is 2.57. The van der Waals surface area contributed by atoms with Gasteiger partial charge in [-0.05, 0) is 19.3 Å². The first-order chi connectivity index (χ1) is 7.30. The van der Waals surface area contributed by atoms with Gasteiger partial charge in [0.25, 0.3) is 0 Å². The van der Waals surface area contributed by atoms with Gasteiger partial charge in [-0.1, -0.05) is 27.2 Å². The van der Waals surface area contributed by atoms with Crippen molar-refractivity contribution in [3.63, 3.8) is 0 Å². The fraction of sp³-hybridized carbons (Fsp3) is 0.667. The van der Waals surface area contributed by atoms with E-state index < -0.39 is 0 Å². The molecule has 3 heteroatoms. The number of aryl methyl sites for hydroxylation is 1. The van der Waals surface area contributed by atoms with Gasteiger partial charge in [-0.2, -0.15) is 0 Å². The Morgan fingerprint density at radius 2 is 2.07 bits per heavy atom. The molecule has 0 amide bonds. The van der Waals surface area contributed by atoms with Crippen LogP contribution in [0.4, 0.5) is 5.82 Å². The summed E-state index contributed by atoms with van der Waals surface area (Å²) in [6.07, 6.45) is 6.14. The van der Waals surface area contributed by atoms with Gasteiger partial charge in [-0.15, -0.1) is 0 Å². The molecule has 84 valence electrons. The zero-order valence-corrected chi connectivity index (χ0v) is 9.95. The van der Waals surface area contributed by atoms with E-state index >= 15 is 0 Å². The molecule has 1 heterocycles. The van der Waals surface area contributed by atoms with Crippen LogP contribution in [0.25, 0.3) is 0 Å². The highest BCUT2D eigenvalue weighted by molar-refractivity contribution is 5.35. The van der Waals surface area contributed by atoms with Gasteiger partial charge in [0.1, 0.15) is 12.1 Å². The molecule has 1 atom stereocenters. The molecule has 0 aromatic carbocycles. The summed E-state index contributed by atoms with van der Waals surface area (Å²) >= 11 is 0. The molecule has 1 rings (SSSR count). The Balaban J connectivity index is 2.61. The van der Waals surface area contributed by atoms with E-state index in [9.17, 15) is 0 Å². The minimum atomic E-state index is 0.537. The Morgan fingerprint density at radius 1 is 1.27 bits per heavy atom. The quantitative estimate of drug-likeness (QED) is 0.779. The van der Waals surface area contributed by atoms with Crippen LogP contribution in [0.5, 0.6) is 0 Å². The molecule has 0 aliphatic rings. The summed E-state index contributed by atoms with van der Waals surface area (Å²) in [4.78, 5) is 8.42. The summed E-state index contributed by atoms with van der Waals surface area (Å²) in [7, 11) is 0. The molecule has 15 heavy (non-hydrogen) atoms. The first-order valence-electron chi connectivity index (χ1n) is 5.87. The van der Waals surface area contributed by atoms with Crippen LogP contribution in [0.2, 0.25) is 0 Å². The van der Waals surface area contributed by atoms with Gasteiger partial charge >= 0.3 is 0 Å². The van der Waals surface area contributed by atoms with Gasteiger partial charge in [0.05, 0.1) is 0 Å². The Morgan fingerprint density at radius 3 is 2.67 bits per heavy atom. The summed E-state index contributed by atoms with van der Waals surface area (Å²) in [5.41, 5.74) is 1.10. The van der Waals surface area contributed by atoms with E-state index in [-0.39, 0.29) is 0 Å². The largest absolute Gasteiger partial charge is 0.367 e. The predicted molar refractivity (Wildman–Crippen MR) is 64.0 cm³/mol. The van der Waals surface area contributed by atoms with Crippen LogP contribution in [0.1, 0.15) is 45.7 Å². The fourth-order valence-electron chi connectivity index (χ4n) is 1.61. The van der Waals surface area contributed by atoms with Crippen molar-refractivity contribution < 1.29 is 0 Å². The highest BCUT2D eigenvalue weighted by Crippen LogP contribution is 2.11. The smallest absolute Gasteiger partial charge is 0.129 e. The molecule has 0 aliphatic heterocycles. The molecule has 0 radical (unpaired) electrons. The second-order valence-electron chi connectivity index (χ2n) is 3.79. The van der Waals surface area contributed by atoms with Crippen molar-refractivity contribution >= 4 is 5.82 Å². The molecule has 3 nitrogen and oxygen atoms in total. The fourth-order valence-corrected chi connectivity index (χ4v) is 1.61. The maximum atomic E-state index is 4.24. The van der Waals surface area contributed by atoms with Crippen LogP contribution in [0.15, 0.2) is 12.4 Å². The molecule has 0 saturated heterocycles. The molecular formula is C12H21N3. The Kier molecular flexibility index (Phi) is 5.08. The summed E-state index contributed by atoms with van der Waals surface area (Å²) in [5.74, 6) is 0.960. The van der Waals surface area contributed by atoms with Gasteiger partial charge in [0.2, 0.25) is 0 Å². The lowest BCUT2D eigenvalue weighted by Crippen LogP contribution is -2.18. The van der Waals surface area contributed by atoms with Crippen LogP contribution < -0.4 is 5.32 Å². The molecule has 0 bridgehead atoms. The normalized spacial score (nSPS) is 12.5. The van der Waals surface area contributed by atoms with Crippen LogP contribution in [0.3, 0.4) is 0 Å². The van der Waals surface area contributed by atoms with Crippen LogP contribution in [-0.2, 0) is 6.42 Å². The van der Waals surface area contributed by atoms with Crippen LogP contribution in [-0.4, -0.2) is 16.0 Å². The van der Waals surface area contributed by atoms with E-state index in [0.29, 0.717) is 6.04 Å². The van der Waals surface area contributed by atoms with Crippen molar-refractivity contribution in [3.05, 3.63) is 18.1 Å². The van der Waals surface area contributed by atoms with Crippen molar-refractivity contribution in [2.45, 2.75) is 52.5 Å². The van der Waals surface area contributed by atoms with Gasteiger partial charge in [-0.3, -0.25) is 0 Å². The Hall–Kier alpha value is -1.12. The molecule has 1 aromatic rings. The zero-order chi connectivity index (χ0) is 11.1. The summed E-state index contributed by atoms with van der Waals surface area (Å²) in [5, 5.41) is 3.45. The van der Waals surface area contributed by atoms with Crippen molar-refractivity contribution in [2.24, 2.45) is 0 Å². The van der Waals surface area contributed by atoms with Gasteiger partial charge in [-0.25, -0.2) is 9.97 Å². The van der Waals surface area contributed by atoms with E-state index in [1.54, 1.807) is 6.33 Å². The number of hydrogen-bond donors (Lipinski definition) is 1. The maximum Gasteiger partial charge on any atom is 0.129 e. The average Bonchev–Trinajstić information content (AvgIpc) is 2.29. The van der Waals surface area contributed by atoms with Crippen molar-refractivity contribution in [3.8, 4) is 0 Å². The van der Waals surface area contributed by atoms with E-state index in [0.717, 1.165) is 24.4 Å². The van der Waals surface area contributed by atoms with Gasteiger partial charge in [0, 0.05) is 17.8 Å². The molecule has 0 saturated carbocycles. The minimum Gasteiger partial charge on any atom is -0.367 e. The second-order valence-corrected chi connectivity index (χ2v) is 3.79. The lowest BCUT2D eigenvalue weighted by Gasteiger charge is -2.16. The predicted octanol–water partition coefficient (Wildman–Crippen LogP) is 3.03. The summed E-state index contributed by atoms with van der Waals surface area (Å²) in [6, 6.07) is 2.58. The first kappa shape index (κ1) is 12.0. The Labute approximate surface area is 92.3 Å². The maximum absolute atomic E-state index is 4.24.